The summed E-state index contributed by atoms with van der Waals surface area (Å²) in [5.74, 6) is -0.457. The molecule has 1 N–H and O–H groups in total. The maximum Gasteiger partial charge on any atom is 0.140 e. The summed E-state index contributed by atoms with van der Waals surface area (Å²) in [5, 5.41) is 12.1. The van der Waals surface area contributed by atoms with E-state index in [4.69, 9.17) is 5.26 Å². The molecule has 1 aromatic carbocycles. The molecule has 0 spiro atoms. The van der Waals surface area contributed by atoms with Crippen LogP contribution in [0.2, 0.25) is 0 Å². The summed E-state index contributed by atoms with van der Waals surface area (Å²) in [7, 11) is 4.10. The van der Waals surface area contributed by atoms with Crippen LogP contribution in [0.25, 0.3) is 0 Å². The van der Waals surface area contributed by atoms with Gasteiger partial charge in [-0.2, -0.15) is 5.26 Å². The van der Waals surface area contributed by atoms with Crippen LogP contribution in [0.15, 0.2) is 18.2 Å². The molecule has 3 nitrogen and oxygen atoms in total. The molecule has 0 saturated heterocycles. The Kier molecular flexibility index (Phi) is 5.76. The minimum absolute atomic E-state index is 0.107. The highest BCUT2D eigenvalue weighted by molar-refractivity contribution is 5.34. The smallest absolute Gasteiger partial charge is 0.140 e. The van der Waals surface area contributed by atoms with Crippen molar-refractivity contribution < 1.29 is 4.39 Å². The first-order valence-electron chi connectivity index (χ1n) is 6.09. The lowest BCUT2D eigenvalue weighted by Crippen LogP contribution is -2.29. The SMILES string of the molecule is CC(CCN(C)C)NCc1ccc(F)c(C#N)c1. The molecule has 1 aromatic rings. The van der Waals surface area contributed by atoms with Gasteiger partial charge in [-0.25, -0.2) is 4.39 Å². The molecular formula is C14H20FN3. The van der Waals surface area contributed by atoms with Gasteiger partial charge in [0.2, 0.25) is 0 Å². The summed E-state index contributed by atoms with van der Waals surface area (Å²) in [6.07, 6.45) is 1.05. The Morgan fingerprint density at radius 3 is 2.78 bits per heavy atom. The van der Waals surface area contributed by atoms with Crippen molar-refractivity contribution >= 4 is 0 Å². The Bertz CT molecular complexity index is 424. The number of rotatable bonds is 6. The highest BCUT2D eigenvalue weighted by atomic mass is 19.1. The van der Waals surface area contributed by atoms with Crippen LogP contribution < -0.4 is 5.32 Å². The van der Waals surface area contributed by atoms with Gasteiger partial charge in [-0.1, -0.05) is 6.07 Å². The monoisotopic (exact) mass is 249 g/mol. The molecule has 0 bridgehead atoms. The molecule has 0 aliphatic rings. The molecule has 0 amide bonds. The van der Waals surface area contributed by atoms with Crippen molar-refractivity contribution in [2.75, 3.05) is 20.6 Å². The largest absolute Gasteiger partial charge is 0.310 e. The Morgan fingerprint density at radius 1 is 1.44 bits per heavy atom. The molecule has 0 fully saturated rings. The minimum atomic E-state index is -0.457. The summed E-state index contributed by atoms with van der Waals surface area (Å²) in [5.41, 5.74) is 1.04. The van der Waals surface area contributed by atoms with Crippen molar-refractivity contribution in [2.45, 2.75) is 25.9 Å². The van der Waals surface area contributed by atoms with Crippen molar-refractivity contribution in [3.05, 3.63) is 35.1 Å². The van der Waals surface area contributed by atoms with Crippen LogP contribution in [0.5, 0.6) is 0 Å². The highest BCUT2D eigenvalue weighted by Crippen LogP contribution is 2.09. The molecule has 0 heterocycles. The molecule has 0 saturated carbocycles. The number of hydrogen-bond donors (Lipinski definition) is 1. The van der Waals surface area contributed by atoms with Crippen molar-refractivity contribution in [3.8, 4) is 6.07 Å². The third-order valence-corrected chi connectivity index (χ3v) is 2.82. The van der Waals surface area contributed by atoms with Gasteiger partial charge in [-0.3, -0.25) is 0 Å². The fraction of sp³-hybridized carbons (Fsp3) is 0.500. The van der Waals surface area contributed by atoms with Crippen LogP contribution in [0.1, 0.15) is 24.5 Å². The Morgan fingerprint density at radius 2 is 2.17 bits per heavy atom. The van der Waals surface area contributed by atoms with Gasteiger partial charge in [-0.05, 0) is 51.7 Å². The molecule has 0 aliphatic carbocycles. The second kappa shape index (κ2) is 7.10. The van der Waals surface area contributed by atoms with E-state index in [0.29, 0.717) is 12.6 Å². The number of nitrogens with one attached hydrogen (secondary N) is 1. The molecule has 98 valence electrons. The van der Waals surface area contributed by atoms with E-state index in [2.05, 4.69) is 17.1 Å². The number of halogens is 1. The summed E-state index contributed by atoms with van der Waals surface area (Å²) in [6, 6.07) is 6.90. The Labute approximate surface area is 108 Å². The van der Waals surface area contributed by atoms with E-state index in [-0.39, 0.29) is 5.56 Å². The topological polar surface area (TPSA) is 39.1 Å². The summed E-state index contributed by atoms with van der Waals surface area (Å²) < 4.78 is 13.1. The van der Waals surface area contributed by atoms with Crippen molar-refractivity contribution in [1.29, 1.82) is 5.26 Å². The molecule has 1 unspecified atom stereocenters. The lowest BCUT2D eigenvalue weighted by Gasteiger charge is -2.16. The zero-order valence-corrected chi connectivity index (χ0v) is 11.2. The van der Waals surface area contributed by atoms with E-state index in [9.17, 15) is 4.39 Å². The Hall–Kier alpha value is -1.44. The van der Waals surface area contributed by atoms with Gasteiger partial charge in [0.05, 0.1) is 5.56 Å². The standard InChI is InChI=1S/C14H20FN3/c1-11(6-7-18(2)3)17-10-12-4-5-14(15)13(8-12)9-16/h4-5,8,11,17H,6-7,10H2,1-3H3. The normalized spacial score (nSPS) is 12.4. The maximum atomic E-state index is 13.1. The van der Waals surface area contributed by atoms with Gasteiger partial charge in [0.1, 0.15) is 11.9 Å². The van der Waals surface area contributed by atoms with E-state index < -0.39 is 5.82 Å². The first-order chi connectivity index (χ1) is 8.52. The molecule has 0 aromatic heterocycles. The van der Waals surface area contributed by atoms with Crippen molar-refractivity contribution in [3.63, 3.8) is 0 Å². The third-order valence-electron chi connectivity index (χ3n) is 2.82. The number of nitriles is 1. The highest BCUT2D eigenvalue weighted by Gasteiger charge is 2.05. The minimum Gasteiger partial charge on any atom is -0.310 e. The quantitative estimate of drug-likeness (QED) is 0.839. The van der Waals surface area contributed by atoms with Crippen LogP contribution >= 0.6 is 0 Å². The van der Waals surface area contributed by atoms with E-state index in [1.807, 2.05) is 20.2 Å². The molecule has 0 aliphatic heterocycles. The van der Waals surface area contributed by atoms with E-state index >= 15 is 0 Å². The van der Waals surface area contributed by atoms with Crippen LogP contribution in [-0.4, -0.2) is 31.6 Å². The summed E-state index contributed by atoms with van der Waals surface area (Å²) in [6.45, 7) is 3.81. The number of hydrogen-bond acceptors (Lipinski definition) is 3. The molecule has 18 heavy (non-hydrogen) atoms. The average Bonchev–Trinajstić information content (AvgIpc) is 2.35. The van der Waals surface area contributed by atoms with Gasteiger partial charge < -0.3 is 10.2 Å². The zero-order chi connectivity index (χ0) is 13.5. The Balaban J connectivity index is 2.46. The molecule has 0 radical (unpaired) electrons. The van der Waals surface area contributed by atoms with Gasteiger partial charge in [0, 0.05) is 12.6 Å². The maximum absolute atomic E-state index is 13.1. The summed E-state index contributed by atoms with van der Waals surface area (Å²) in [4.78, 5) is 2.14. The predicted molar refractivity (Wildman–Crippen MR) is 70.6 cm³/mol. The fourth-order valence-electron chi connectivity index (χ4n) is 1.61. The van der Waals surface area contributed by atoms with Crippen molar-refractivity contribution in [1.82, 2.24) is 10.2 Å². The first-order valence-corrected chi connectivity index (χ1v) is 6.09. The average molecular weight is 249 g/mol. The molecule has 1 atom stereocenters. The summed E-state index contributed by atoms with van der Waals surface area (Å²) >= 11 is 0. The van der Waals surface area contributed by atoms with Gasteiger partial charge in [-0.15, -0.1) is 0 Å². The number of nitrogens with zero attached hydrogens (tertiary/aromatic N) is 2. The van der Waals surface area contributed by atoms with Crippen LogP contribution in [0.4, 0.5) is 4.39 Å². The predicted octanol–water partition coefficient (Wildman–Crippen LogP) is 2.13. The number of benzene rings is 1. The van der Waals surface area contributed by atoms with Crippen molar-refractivity contribution in [2.24, 2.45) is 0 Å². The van der Waals surface area contributed by atoms with Crippen LogP contribution in [0, 0.1) is 17.1 Å². The van der Waals surface area contributed by atoms with Gasteiger partial charge >= 0.3 is 0 Å². The van der Waals surface area contributed by atoms with Crippen LogP contribution in [-0.2, 0) is 6.54 Å². The first kappa shape index (κ1) is 14.6. The van der Waals surface area contributed by atoms with E-state index in [0.717, 1.165) is 18.5 Å². The second-order valence-corrected chi connectivity index (χ2v) is 4.80. The molecule has 1 rings (SSSR count). The lowest BCUT2D eigenvalue weighted by molar-refractivity contribution is 0.365. The van der Waals surface area contributed by atoms with Gasteiger partial charge in [0.15, 0.2) is 0 Å². The molecule has 4 heteroatoms. The van der Waals surface area contributed by atoms with Crippen LogP contribution in [0.3, 0.4) is 0 Å². The molecular weight excluding hydrogens is 229 g/mol. The third kappa shape index (κ3) is 4.82. The second-order valence-electron chi connectivity index (χ2n) is 4.80. The van der Waals surface area contributed by atoms with E-state index in [1.165, 1.54) is 6.07 Å². The van der Waals surface area contributed by atoms with Gasteiger partial charge in [0.25, 0.3) is 0 Å². The lowest BCUT2D eigenvalue weighted by atomic mass is 10.1. The zero-order valence-electron chi connectivity index (χ0n) is 11.2. The fourth-order valence-corrected chi connectivity index (χ4v) is 1.61. The van der Waals surface area contributed by atoms with E-state index in [1.54, 1.807) is 12.1 Å².